The van der Waals surface area contributed by atoms with Gasteiger partial charge < -0.3 is 10.4 Å². The summed E-state index contributed by atoms with van der Waals surface area (Å²) in [5, 5.41) is 12.8. The van der Waals surface area contributed by atoms with E-state index in [9.17, 15) is 22.7 Å². The number of carboxylic acids is 1. The highest BCUT2D eigenvalue weighted by Gasteiger charge is 2.29. The van der Waals surface area contributed by atoms with E-state index in [4.69, 9.17) is 11.6 Å². The molecule has 4 aromatic rings. The summed E-state index contributed by atoms with van der Waals surface area (Å²) in [6, 6.07) is 9.59. The van der Waals surface area contributed by atoms with Crippen LogP contribution in [0, 0.1) is 11.2 Å². The Morgan fingerprint density at radius 3 is 2.54 bits per heavy atom. The monoisotopic (exact) mass is 545 g/mol. The third-order valence-corrected chi connectivity index (χ3v) is 7.57. The van der Waals surface area contributed by atoms with Crippen molar-refractivity contribution in [3.05, 3.63) is 71.4 Å². The molecule has 9 nitrogen and oxygen atoms in total. The second-order valence-electron chi connectivity index (χ2n) is 9.66. The molecule has 0 saturated heterocycles. The smallest absolute Gasteiger partial charge is 0.305 e. The molecular formula is C25H25ClFN5O4S. The molecule has 0 spiro atoms. The van der Waals surface area contributed by atoms with Crippen molar-refractivity contribution >= 4 is 44.4 Å². The number of benzene rings is 1. The third-order valence-electron chi connectivity index (χ3n) is 5.79. The van der Waals surface area contributed by atoms with E-state index in [1.807, 2.05) is 20.8 Å². The molecule has 0 saturated carbocycles. The molecule has 12 heteroatoms. The van der Waals surface area contributed by atoms with Crippen LogP contribution >= 0.6 is 11.6 Å². The fourth-order valence-corrected chi connectivity index (χ4v) is 5.40. The SMILES string of the molecule is CC(C)(C)[C@@H](CC(=O)O)Nc1nc(-c2cn(S(=O)(=O)Cc3ccccc3)c3ncc(Cl)cc23)ncc1F. The van der Waals surface area contributed by atoms with E-state index >= 15 is 0 Å². The molecule has 0 aliphatic carbocycles. The first kappa shape index (κ1) is 26.5. The van der Waals surface area contributed by atoms with E-state index in [1.54, 1.807) is 30.3 Å². The predicted octanol–water partition coefficient (Wildman–Crippen LogP) is 4.97. The van der Waals surface area contributed by atoms with Gasteiger partial charge in [-0.25, -0.2) is 31.7 Å². The van der Waals surface area contributed by atoms with E-state index in [0.29, 0.717) is 10.9 Å². The molecule has 1 aromatic carbocycles. The van der Waals surface area contributed by atoms with Gasteiger partial charge in [0, 0.05) is 29.4 Å². The number of pyridine rings is 1. The molecule has 194 valence electrons. The van der Waals surface area contributed by atoms with Crippen LogP contribution in [0.3, 0.4) is 0 Å². The van der Waals surface area contributed by atoms with Crippen molar-refractivity contribution in [3.8, 4) is 11.4 Å². The van der Waals surface area contributed by atoms with Crippen molar-refractivity contribution in [2.45, 2.75) is 39.0 Å². The van der Waals surface area contributed by atoms with Crippen LogP contribution in [-0.4, -0.2) is 44.5 Å². The molecule has 0 bridgehead atoms. The topological polar surface area (TPSA) is 127 Å². The second kappa shape index (κ2) is 10.1. The number of carbonyl (C=O) groups is 1. The molecule has 1 atom stereocenters. The summed E-state index contributed by atoms with van der Waals surface area (Å²) in [6.45, 7) is 5.48. The summed E-state index contributed by atoms with van der Waals surface area (Å²) < 4.78 is 42.5. The summed E-state index contributed by atoms with van der Waals surface area (Å²) in [6.07, 6.45) is 3.35. The predicted molar refractivity (Wildman–Crippen MR) is 139 cm³/mol. The van der Waals surface area contributed by atoms with E-state index in [-0.39, 0.29) is 40.0 Å². The van der Waals surface area contributed by atoms with Crippen LogP contribution in [0.4, 0.5) is 10.2 Å². The van der Waals surface area contributed by atoms with E-state index in [1.165, 1.54) is 18.5 Å². The van der Waals surface area contributed by atoms with E-state index in [0.717, 1.165) is 10.2 Å². The number of carboxylic acid groups (broad SMARTS) is 1. The van der Waals surface area contributed by atoms with Crippen LogP contribution in [0.15, 0.2) is 55.0 Å². The zero-order valence-corrected chi connectivity index (χ0v) is 21.9. The van der Waals surface area contributed by atoms with Gasteiger partial charge in [0.15, 0.2) is 23.1 Å². The summed E-state index contributed by atoms with van der Waals surface area (Å²) >= 11 is 6.17. The number of halogens is 2. The lowest BCUT2D eigenvalue weighted by molar-refractivity contribution is -0.137. The van der Waals surface area contributed by atoms with Gasteiger partial charge in [0.2, 0.25) is 10.0 Å². The number of aliphatic carboxylic acids is 1. The maximum absolute atomic E-state index is 14.7. The minimum Gasteiger partial charge on any atom is -0.481 e. The average molecular weight is 546 g/mol. The molecule has 0 fully saturated rings. The molecule has 3 heterocycles. The first-order chi connectivity index (χ1) is 17.3. The second-order valence-corrected chi connectivity index (χ2v) is 11.9. The van der Waals surface area contributed by atoms with Gasteiger partial charge in [-0.05, 0) is 17.0 Å². The van der Waals surface area contributed by atoms with Crippen molar-refractivity contribution in [2.75, 3.05) is 5.32 Å². The number of rotatable bonds is 8. The van der Waals surface area contributed by atoms with Gasteiger partial charge in [-0.1, -0.05) is 62.7 Å². The molecule has 3 aromatic heterocycles. The van der Waals surface area contributed by atoms with Crippen molar-refractivity contribution in [1.29, 1.82) is 0 Å². The van der Waals surface area contributed by atoms with Crippen molar-refractivity contribution in [2.24, 2.45) is 5.41 Å². The number of hydrogen-bond donors (Lipinski definition) is 2. The number of anilines is 1. The summed E-state index contributed by atoms with van der Waals surface area (Å²) in [5.74, 6) is -2.28. The standard InChI is InChI=1S/C25H25ClFN5O4S/c1-25(2,3)20(10-21(33)34)30-23-19(27)12-28-22(31-23)18-13-32(24-17(18)9-16(26)11-29-24)37(35,36)14-15-7-5-4-6-8-15/h4-9,11-13,20H,10,14H2,1-3H3,(H,33,34)(H,28,30,31)/t20-/m1/s1. The Balaban J connectivity index is 1.81. The fraction of sp³-hybridized carbons (Fsp3) is 0.280. The summed E-state index contributed by atoms with van der Waals surface area (Å²) in [5.41, 5.74) is 0.456. The number of fused-ring (bicyclic) bond motifs is 1. The van der Waals surface area contributed by atoms with Crippen LogP contribution in [-0.2, 0) is 20.6 Å². The normalized spacial score (nSPS) is 13.0. The molecule has 0 aliphatic rings. The summed E-state index contributed by atoms with van der Waals surface area (Å²) in [7, 11) is -3.91. The lowest BCUT2D eigenvalue weighted by Crippen LogP contribution is -2.36. The zero-order chi connectivity index (χ0) is 27.0. The van der Waals surface area contributed by atoms with Crippen LogP contribution in [0.2, 0.25) is 5.02 Å². The number of nitrogens with one attached hydrogen (secondary N) is 1. The van der Waals surface area contributed by atoms with Gasteiger partial charge >= 0.3 is 5.97 Å². The van der Waals surface area contributed by atoms with Crippen LogP contribution in [0.5, 0.6) is 0 Å². The number of aromatic nitrogens is 4. The Kier molecular flexibility index (Phi) is 7.20. The molecule has 0 amide bonds. The molecule has 4 rings (SSSR count). The van der Waals surface area contributed by atoms with Crippen LogP contribution in [0.1, 0.15) is 32.8 Å². The highest BCUT2D eigenvalue weighted by atomic mass is 35.5. The van der Waals surface area contributed by atoms with Gasteiger partial charge in [-0.3, -0.25) is 4.79 Å². The molecule has 37 heavy (non-hydrogen) atoms. The fourth-order valence-electron chi connectivity index (χ4n) is 3.81. The van der Waals surface area contributed by atoms with Crippen molar-refractivity contribution in [3.63, 3.8) is 0 Å². The number of hydrogen-bond acceptors (Lipinski definition) is 7. The molecule has 0 aliphatic heterocycles. The Morgan fingerprint density at radius 1 is 1.19 bits per heavy atom. The van der Waals surface area contributed by atoms with Gasteiger partial charge in [0.25, 0.3) is 0 Å². The highest BCUT2D eigenvalue weighted by molar-refractivity contribution is 7.89. The van der Waals surface area contributed by atoms with Crippen molar-refractivity contribution < 1.29 is 22.7 Å². The molecule has 0 radical (unpaired) electrons. The largest absolute Gasteiger partial charge is 0.481 e. The quantitative estimate of drug-likeness (QED) is 0.318. The lowest BCUT2D eigenvalue weighted by Gasteiger charge is -2.30. The van der Waals surface area contributed by atoms with Gasteiger partial charge in [-0.2, -0.15) is 0 Å². The molecule has 2 N–H and O–H groups in total. The van der Waals surface area contributed by atoms with Gasteiger partial charge in [0.1, 0.15) is 0 Å². The van der Waals surface area contributed by atoms with Crippen LogP contribution in [0.25, 0.3) is 22.4 Å². The van der Waals surface area contributed by atoms with Crippen molar-refractivity contribution in [1.82, 2.24) is 18.9 Å². The van der Waals surface area contributed by atoms with Crippen LogP contribution < -0.4 is 5.32 Å². The maximum Gasteiger partial charge on any atom is 0.305 e. The lowest BCUT2D eigenvalue weighted by atomic mass is 9.85. The Bertz CT molecular complexity index is 1570. The average Bonchev–Trinajstić information content (AvgIpc) is 3.19. The maximum atomic E-state index is 14.7. The number of nitrogens with zero attached hydrogens (tertiary/aromatic N) is 4. The highest BCUT2D eigenvalue weighted by Crippen LogP contribution is 2.33. The minimum atomic E-state index is -3.91. The minimum absolute atomic E-state index is 0.0228. The van der Waals surface area contributed by atoms with E-state index < -0.39 is 33.3 Å². The first-order valence-corrected chi connectivity index (χ1v) is 13.3. The van der Waals surface area contributed by atoms with E-state index in [2.05, 4.69) is 20.3 Å². The molecule has 0 unspecified atom stereocenters. The van der Waals surface area contributed by atoms with Gasteiger partial charge in [-0.15, -0.1) is 0 Å². The first-order valence-electron chi connectivity index (χ1n) is 11.3. The van der Waals surface area contributed by atoms with Gasteiger partial charge in [0.05, 0.1) is 23.4 Å². The Hall–Kier alpha value is -3.57. The summed E-state index contributed by atoms with van der Waals surface area (Å²) in [4.78, 5) is 24.0. The Labute approximate surface area is 218 Å². The Morgan fingerprint density at radius 2 is 1.89 bits per heavy atom. The molecular weight excluding hydrogens is 521 g/mol. The third kappa shape index (κ3) is 5.89. The zero-order valence-electron chi connectivity index (χ0n) is 20.3.